The largest absolute Gasteiger partial charge is 0.378 e. The number of nitrogens with one attached hydrogen (secondary N) is 2. The summed E-state index contributed by atoms with van der Waals surface area (Å²) in [6.45, 7) is 6.30. The average Bonchev–Trinajstić information content (AvgIpc) is 2.84. The molecule has 0 aromatic carbocycles. The molecule has 2 fully saturated rings. The Kier molecular flexibility index (Phi) is 7.08. The van der Waals surface area contributed by atoms with Crippen LogP contribution in [0.1, 0.15) is 0 Å². The van der Waals surface area contributed by atoms with Crippen LogP contribution in [0.15, 0.2) is 36.8 Å². The van der Waals surface area contributed by atoms with Crippen molar-refractivity contribution >= 4 is 35.1 Å². The minimum atomic E-state index is 0. The van der Waals surface area contributed by atoms with E-state index in [2.05, 4.69) is 36.6 Å². The van der Waals surface area contributed by atoms with Gasteiger partial charge in [0, 0.05) is 56.9 Å². The van der Waals surface area contributed by atoms with Crippen molar-refractivity contribution < 1.29 is 9.47 Å². The van der Waals surface area contributed by atoms with Crippen LogP contribution in [0, 0.1) is 0 Å². The first-order chi connectivity index (χ1) is 14.9. The third-order valence-electron chi connectivity index (χ3n) is 5.34. The van der Waals surface area contributed by atoms with Crippen molar-refractivity contribution in [3.63, 3.8) is 0 Å². The van der Waals surface area contributed by atoms with E-state index >= 15 is 0 Å². The highest BCUT2D eigenvalue weighted by atomic mass is 35.5. The second-order valence-corrected chi connectivity index (χ2v) is 7.36. The van der Waals surface area contributed by atoms with Gasteiger partial charge in [-0.1, -0.05) is 0 Å². The first-order valence-electron chi connectivity index (χ1n) is 10.3. The lowest BCUT2D eigenvalue weighted by Gasteiger charge is -2.27. The van der Waals surface area contributed by atoms with Crippen molar-refractivity contribution in [2.24, 2.45) is 0 Å². The molecule has 5 heterocycles. The van der Waals surface area contributed by atoms with E-state index in [9.17, 15) is 0 Å². The Morgan fingerprint density at radius 2 is 1.97 bits per heavy atom. The lowest BCUT2D eigenvalue weighted by Crippen LogP contribution is -2.42. The molecule has 3 aromatic heterocycles. The first-order valence-corrected chi connectivity index (χ1v) is 10.3. The normalized spacial score (nSPS) is 19.1. The highest BCUT2D eigenvalue weighted by Crippen LogP contribution is 2.26. The van der Waals surface area contributed by atoms with Gasteiger partial charge in [-0.15, -0.1) is 12.4 Å². The van der Waals surface area contributed by atoms with E-state index in [-0.39, 0.29) is 18.5 Å². The molecule has 2 saturated heterocycles. The zero-order valence-electron chi connectivity index (χ0n) is 17.2. The standard InChI is InChI=1S/C21H25N7O2.ClH/c1-2-19(28-6-9-29-10-7-28)25-12-15(1)17-11-18-20(24-4-3-23-18)21(27-17)26-14-16-13-22-5-8-30-16;/h1-4,11-12,16,22H,5-10,13-14H2,(H,26,27);1H/t16-;/m0./s1. The monoisotopic (exact) mass is 443 g/mol. The van der Waals surface area contributed by atoms with Crippen LogP contribution in [0.5, 0.6) is 0 Å². The number of pyridine rings is 2. The third-order valence-corrected chi connectivity index (χ3v) is 5.34. The quantitative estimate of drug-likeness (QED) is 0.611. The van der Waals surface area contributed by atoms with Gasteiger partial charge in [0.2, 0.25) is 0 Å². The van der Waals surface area contributed by atoms with E-state index in [0.29, 0.717) is 12.4 Å². The molecule has 10 heteroatoms. The van der Waals surface area contributed by atoms with E-state index in [1.54, 1.807) is 12.4 Å². The van der Waals surface area contributed by atoms with Crippen LogP contribution < -0.4 is 15.5 Å². The molecule has 2 aliphatic rings. The summed E-state index contributed by atoms with van der Waals surface area (Å²) in [5, 5.41) is 6.75. The zero-order chi connectivity index (χ0) is 20.2. The van der Waals surface area contributed by atoms with Crippen LogP contribution >= 0.6 is 12.4 Å². The molecule has 2 N–H and O–H groups in total. The first kappa shape index (κ1) is 21.6. The summed E-state index contributed by atoms with van der Waals surface area (Å²) in [4.78, 5) is 20.7. The van der Waals surface area contributed by atoms with Crippen LogP contribution in [0.4, 0.5) is 11.6 Å². The molecular weight excluding hydrogens is 418 g/mol. The van der Waals surface area contributed by atoms with Gasteiger partial charge < -0.3 is 25.0 Å². The van der Waals surface area contributed by atoms with Gasteiger partial charge in [-0.05, 0) is 18.2 Å². The molecule has 0 bridgehead atoms. The molecule has 1 atom stereocenters. The molecule has 0 radical (unpaired) electrons. The number of fused-ring (bicyclic) bond motifs is 1. The second kappa shape index (κ2) is 10.1. The van der Waals surface area contributed by atoms with Crippen LogP contribution in [-0.2, 0) is 9.47 Å². The fraction of sp³-hybridized carbons (Fsp3) is 0.429. The molecule has 9 nitrogen and oxygen atoms in total. The molecular formula is C21H26ClN7O2. The van der Waals surface area contributed by atoms with E-state index in [0.717, 1.165) is 74.1 Å². The number of hydrogen-bond acceptors (Lipinski definition) is 9. The molecule has 0 saturated carbocycles. The van der Waals surface area contributed by atoms with Crippen molar-refractivity contribution in [1.82, 2.24) is 25.3 Å². The molecule has 5 rings (SSSR count). The number of morpholine rings is 2. The van der Waals surface area contributed by atoms with Crippen molar-refractivity contribution in [1.29, 1.82) is 0 Å². The average molecular weight is 444 g/mol. The Labute approximate surface area is 187 Å². The van der Waals surface area contributed by atoms with E-state index in [1.807, 2.05) is 18.3 Å². The predicted octanol–water partition coefficient (Wildman–Crippen LogP) is 1.75. The Morgan fingerprint density at radius 1 is 1.10 bits per heavy atom. The second-order valence-electron chi connectivity index (χ2n) is 7.36. The summed E-state index contributed by atoms with van der Waals surface area (Å²) in [5.74, 6) is 1.67. The summed E-state index contributed by atoms with van der Waals surface area (Å²) >= 11 is 0. The predicted molar refractivity (Wildman–Crippen MR) is 122 cm³/mol. The highest BCUT2D eigenvalue weighted by molar-refractivity contribution is 5.88. The Balaban J connectivity index is 0.00000231. The minimum absolute atomic E-state index is 0. The molecule has 3 aromatic rings. The molecule has 31 heavy (non-hydrogen) atoms. The smallest absolute Gasteiger partial charge is 0.154 e. The molecule has 0 unspecified atom stereocenters. The lowest BCUT2D eigenvalue weighted by molar-refractivity contribution is 0.0372. The van der Waals surface area contributed by atoms with Crippen LogP contribution in [0.25, 0.3) is 22.3 Å². The fourth-order valence-electron chi connectivity index (χ4n) is 3.72. The number of halogens is 1. The molecule has 0 aliphatic carbocycles. The van der Waals surface area contributed by atoms with Crippen molar-refractivity contribution in [2.75, 3.05) is 62.8 Å². The van der Waals surface area contributed by atoms with Gasteiger partial charge in [-0.2, -0.15) is 0 Å². The van der Waals surface area contributed by atoms with Gasteiger partial charge in [0.1, 0.15) is 11.3 Å². The van der Waals surface area contributed by atoms with Crippen molar-refractivity contribution in [2.45, 2.75) is 6.10 Å². The zero-order valence-corrected chi connectivity index (χ0v) is 18.0. The molecule has 0 spiro atoms. The van der Waals surface area contributed by atoms with E-state index in [1.165, 1.54) is 0 Å². The van der Waals surface area contributed by atoms with Gasteiger partial charge in [0.15, 0.2) is 5.82 Å². The number of nitrogens with zero attached hydrogens (tertiary/aromatic N) is 5. The Morgan fingerprint density at radius 3 is 2.74 bits per heavy atom. The van der Waals surface area contributed by atoms with Gasteiger partial charge >= 0.3 is 0 Å². The summed E-state index contributed by atoms with van der Waals surface area (Å²) in [5.41, 5.74) is 3.31. The SMILES string of the molecule is Cl.c1cnc2c(NC[C@@H]3CNCCO3)nc(-c3ccc(N4CCOCC4)nc3)cc2n1. The lowest BCUT2D eigenvalue weighted by atomic mass is 10.1. The Hall–Kier alpha value is -2.59. The summed E-state index contributed by atoms with van der Waals surface area (Å²) < 4.78 is 11.2. The number of aromatic nitrogens is 4. The molecule has 0 amide bonds. The summed E-state index contributed by atoms with van der Waals surface area (Å²) in [6, 6.07) is 6.05. The topological polar surface area (TPSA) is 97.3 Å². The maximum atomic E-state index is 5.79. The van der Waals surface area contributed by atoms with Gasteiger partial charge in [-0.25, -0.2) is 15.0 Å². The van der Waals surface area contributed by atoms with Gasteiger partial charge in [-0.3, -0.25) is 4.98 Å². The van der Waals surface area contributed by atoms with Gasteiger partial charge in [0.25, 0.3) is 0 Å². The number of ether oxygens (including phenoxy) is 2. The number of hydrogen-bond donors (Lipinski definition) is 2. The number of rotatable bonds is 5. The van der Waals surface area contributed by atoms with Gasteiger partial charge in [0.05, 0.1) is 37.1 Å². The van der Waals surface area contributed by atoms with Crippen molar-refractivity contribution in [3.05, 3.63) is 36.8 Å². The number of anilines is 2. The van der Waals surface area contributed by atoms with E-state index in [4.69, 9.17) is 14.5 Å². The van der Waals surface area contributed by atoms with E-state index < -0.39 is 0 Å². The Bertz CT molecular complexity index is 993. The highest BCUT2D eigenvalue weighted by Gasteiger charge is 2.16. The maximum Gasteiger partial charge on any atom is 0.154 e. The van der Waals surface area contributed by atoms with Crippen LogP contribution in [0.2, 0.25) is 0 Å². The van der Waals surface area contributed by atoms with Crippen LogP contribution in [0.3, 0.4) is 0 Å². The minimum Gasteiger partial charge on any atom is -0.378 e. The molecule has 2 aliphatic heterocycles. The van der Waals surface area contributed by atoms with Crippen LogP contribution in [-0.4, -0.2) is 78.6 Å². The maximum absolute atomic E-state index is 5.79. The molecule has 164 valence electrons. The fourth-order valence-corrected chi connectivity index (χ4v) is 3.72. The third kappa shape index (κ3) is 5.01. The summed E-state index contributed by atoms with van der Waals surface area (Å²) in [7, 11) is 0. The van der Waals surface area contributed by atoms with Crippen molar-refractivity contribution in [3.8, 4) is 11.3 Å². The summed E-state index contributed by atoms with van der Waals surface area (Å²) in [6.07, 6.45) is 5.36.